The molecule has 0 aliphatic carbocycles. The van der Waals surface area contributed by atoms with Crippen molar-refractivity contribution in [2.75, 3.05) is 19.6 Å². The van der Waals surface area contributed by atoms with Gasteiger partial charge in [-0.3, -0.25) is 4.79 Å². The van der Waals surface area contributed by atoms with Crippen LogP contribution in [0.2, 0.25) is 0 Å². The molecule has 1 saturated heterocycles. The first kappa shape index (κ1) is 17.9. The lowest BCUT2D eigenvalue weighted by Crippen LogP contribution is -2.50. The van der Waals surface area contributed by atoms with Crippen LogP contribution >= 0.6 is 0 Å². The van der Waals surface area contributed by atoms with Crippen molar-refractivity contribution in [2.45, 2.75) is 38.6 Å². The minimum atomic E-state index is -3.58. The van der Waals surface area contributed by atoms with E-state index in [9.17, 15) is 13.2 Å². The summed E-state index contributed by atoms with van der Waals surface area (Å²) in [5.41, 5.74) is 1.13. The zero-order valence-electron chi connectivity index (χ0n) is 13.5. The van der Waals surface area contributed by atoms with E-state index >= 15 is 0 Å². The standard InChI is InChI=1S/C16H25N3O3S/c1-14-7-5-6-12-19(14)23(21,22)18-13-16(20)17-11-10-15-8-3-2-4-9-15/h2-4,8-9,14,18H,5-7,10-13H2,1H3,(H,17,20)/t14-/m1/s1. The Morgan fingerprint density at radius 1 is 1.26 bits per heavy atom. The molecule has 2 rings (SSSR count). The molecule has 1 aromatic carbocycles. The third-order valence-electron chi connectivity index (χ3n) is 4.04. The Morgan fingerprint density at radius 3 is 2.70 bits per heavy atom. The van der Waals surface area contributed by atoms with Gasteiger partial charge in [0, 0.05) is 19.1 Å². The lowest BCUT2D eigenvalue weighted by molar-refractivity contribution is -0.119. The third kappa shape index (κ3) is 5.60. The second-order valence-corrected chi connectivity index (χ2v) is 7.58. The van der Waals surface area contributed by atoms with Gasteiger partial charge in [-0.2, -0.15) is 17.4 Å². The average molecular weight is 339 g/mol. The lowest BCUT2D eigenvalue weighted by Gasteiger charge is -2.32. The number of hydrogen-bond acceptors (Lipinski definition) is 3. The summed E-state index contributed by atoms with van der Waals surface area (Å²) in [4.78, 5) is 11.8. The van der Waals surface area contributed by atoms with Gasteiger partial charge in [-0.25, -0.2) is 0 Å². The van der Waals surface area contributed by atoms with E-state index in [1.54, 1.807) is 0 Å². The van der Waals surface area contributed by atoms with Crippen molar-refractivity contribution in [1.82, 2.24) is 14.3 Å². The van der Waals surface area contributed by atoms with E-state index in [4.69, 9.17) is 0 Å². The number of benzene rings is 1. The molecular formula is C16H25N3O3S. The van der Waals surface area contributed by atoms with Crippen molar-refractivity contribution in [3.8, 4) is 0 Å². The Hall–Kier alpha value is -1.44. The minimum Gasteiger partial charge on any atom is -0.355 e. The largest absolute Gasteiger partial charge is 0.355 e. The highest BCUT2D eigenvalue weighted by atomic mass is 32.2. The number of piperidine rings is 1. The molecule has 0 spiro atoms. The van der Waals surface area contributed by atoms with E-state index in [0.29, 0.717) is 13.1 Å². The predicted octanol–water partition coefficient (Wildman–Crippen LogP) is 1.05. The zero-order valence-corrected chi connectivity index (χ0v) is 14.3. The van der Waals surface area contributed by atoms with Crippen LogP contribution in [0.15, 0.2) is 30.3 Å². The summed E-state index contributed by atoms with van der Waals surface area (Å²) >= 11 is 0. The number of amides is 1. The number of carbonyl (C=O) groups is 1. The van der Waals surface area contributed by atoms with E-state index in [1.807, 2.05) is 37.3 Å². The number of nitrogens with one attached hydrogen (secondary N) is 2. The van der Waals surface area contributed by atoms with Gasteiger partial charge in [0.1, 0.15) is 0 Å². The van der Waals surface area contributed by atoms with Crippen LogP contribution in [0.3, 0.4) is 0 Å². The molecule has 1 atom stereocenters. The molecule has 1 heterocycles. The third-order valence-corrected chi connectivity index (χ3v) is 5.71. The summed E-state index contributed by atoms with van der Waals surface area (Å²) < 4.78 is 28.3. The van der Waals surface area contributed by atoms with Crippen LogP contribution in [0.4, 0.5) is 0 Å². The molecule has 0 radical (unpaired) electrons. The van der Waals surface area contributed by atoms with Crippen molar-refractivity contribution in [3.05, 3.63) is 35.9 Å². The van der Waals surface area contributed by atoms with Gasteiger partial charge in [-0.05, 0) is 31.7 Å². The van der Waals surface area contributed by atoms with Crippen LogP contribution in [0.25, 0.3) is 0 Å². The summed E-state index contributed by atoms with van der Waals surface area (Å²) in [7, 11) is -3.58. The highest BCUT2D eigenvalue weighted by molar-refractivity contribution is 7.87. The molecule has 1 aliphatic heterocycles. The SMILES string of the molecule is C[C@@H]1CCCCN1S(=O)(=O)NCC(=O)NCCc1ccccc1. The molecule has 0 unspecified atom stereocenters. The average Bonchev–Trinajstić information content (AvgIpc) is 2.54. The highest BCUT2D eigenvalue weighted by Crippen LogP contribution is 2.18. The number of rotatable bonds is 7. The van der Waals surface area contributed by atoms with Gasteiger partial charge in [-0.15, -0.1) is 0 Å². The van der Waals surface area contributed by atoms with Crippen LogP contribution in [0.1, 0.15) is 31.7 Å². The Kier molecular flexibility index (Phi) is 6.56. The van der Waals surface area contributed by atoms with Gasteiger partial charge in [0.05, 0.1) is 6.54 Å². The molecule has 2 N–H and O–H groups in total. The molecule has 6 nitrogen and oxygen atoms in total. The second-order valence-electron chi connectivity index (χ2n) is 5.87. The van der Waals surface area contributed by atoms with Crippen molar-refractivity contribution >= 4 is 16.1 Å². The minimum absolute atomic E-state index is 0.0117. The number of nitrogens with zero attached hydrogens (tertiary/aromatic N) is 1. The Balaban J connectivity index is 1.73. The maximum absolute atomic E-state index is 12.2. The van der Waals surface area contributed by atoms with Gasteiger partial charge in [-0.1, -0.05) is 36.8 Å². The number of carbonyl (C=O) groups excluding carboxylic acids is 1. The topological polar surface area (TPSA) is 78.5 Å². The van der Waals surface area contributed by atoms with Crippen molar-refractivity contribution in [1.29, 1.82) is 0 Å². The van der Waals surface area contributed by atoms with E-state index in [1.165, 1.54) is 4.31 Å². The maximum atomic E-state index is 12.2. The maximum Gasteiger partial charge on any atom is 0.280 e. The fraction of sp³-hybridized carbons (Fsp3) is 0.562. The Morgan fingerprint density at radius 2 is 2.00 bits per heavy atom. The molecular weight excluding hydrogens is 314 g/mol. The molecule has 1 aliphatic rings. The normalized spacial score (nSPS) is 19.4. The van der Waals surface area contributed by atoms with Crippen LogP contribution in [-0.4, -0.2) is 44.3 Å². The predicted molar refractivity (Wildman–Crippen MR) is 90.1 cm³/mol. The molecule has 1 aromatic rings. The second kappa shape index (κ2) is 8.42. The Bertz CT molecular complexity index is 604. The highest BCUT2D eigenvalue weighted by Gasteiger charge is 2.29. The molecule has 1 fully saturated rings. The van der Waals surface area contributed by atoms with Gasteiger partial charge in [0.2, 0.25) is 5.91 Å². The lowest BCUT2D eigenvalue weighted by atomic mass is 10.1. The van der Waals surface area contributed by atoms with E-state index in [-0.39, 0.29) is 18.5 Å². The summed E-state index contributed by atoms with van der Waals surface area (Å²) in [5, 5.41) is 2.73. The summed E-state index contributed by atoms with van der Waals surface area (Å²) in [5.74, 6) is -0.311. The van der Waals surface area contributed by atoms with Gasteiger partial charge >= 0.3 is 0 Å². The fourth-order valence-electron chi connectivity index (χ4n) is 2.72. The molecule has 23 heavy (non-hydrogen) atoms. The van der Waals surface area contributed by atoms with Crippen LogP contribution in [-0.2, 0) is 21.4 Å². The molecule has 1 amide bonds. The van der Waals surface area contributed by atoms with E-state index in [2.05, 4.69) is 10.0 Å². The van der Waals surface area contributed by atoms with E-state index < -0.39 is 10.2 Å². The fourth-order valence-corrected chi connectivity index (χ4v) is 4.15. The van der Waals surface area contributed by atoms with Crippen molar-refractivity contribution < 1.29 is 13.2 Å². The molecule has 7 heteroatoms. The van der Waals surface area contributed by atoms with Gasteiger partial charge in [0.15, 0.2) is 0 Å². The molecule has 0 bridgehead atoms. The monoisotopic (exact) mass is 339 g/mol. The summed E-state index contributed by atoms with van der Waals surface area (Å²) in [6.45, 7) is 2.69. The molecule has 128 valence electrons. The quantitative estimate of drug-likeness (QED) is 0.779. The van der Waals surface area contributed by atoms with Gasteiger partial charge < -0.3 is 5.32 Å². The van der Waals surface area contributed by atoms with Crippen LogP contribution < -0.4 is 10.0 Å². The first-order valence-corrected chi connectivity index (χ1v) is 9.50. The zero-order chi connectivity index (χ0) is 16.7. The van der Waals surface area contributed by atoms with Crippen molar-refractivity contribution in [2.24, 2.45) is 0 Å². The van der Waals surface area contributed by atoms with Gasteiger partial charge in [0.25, 0.3) is 10.2 Å². The Labute approximate surface area is 138 Å². The molecule has 0 aromatic heterocycles. The van der Waals surface area contributed by atoms with E-state index in [0.717, 1.165) is 31.2 Å². The number of hydrogen-bond donors (Lipinski definition) is 2. The molecule has 0 saturated carbocycles. The van der Waals surface area contributed by atoms with Crippen LogP contribution in [0.5, 0.6) is 0 Å². The van der Waals surface area contributed by atoms with Crippen molar-refractivity contribution in [3.63, 3.8) is 0 Å². The smallest absolute Gasteiger partial charge is 0.280 e. The summed E-state index contributed by atoms with van der Waals surface area (Å²) in [6, 6.07) is 9.82. The summed E-state index contributed by atoms with van der Waals surface area (Å²) in [6.07, 6.45) is 3.51. The van der Waals surface area contributed by atoms with Crippen LogP contribution in [0, 0.1) is 0 Å². The first-order valence-electron chi connectivity index (χ1n) is 8.06. The first-order chi connectivity index (χ1) is 11.0.